The van der Waals surface area contributed by atoms with Gasteiger partial charge < -0.3 is 15.5 Å². The highest BCUT2D eigenvalue weighted by atomic mass is 127. The maximum Gasteiger partial charge on any atom is 0.191 e. The summed E-state index contributed by atoms with van der Waals surface area (Å²) in [5.41, 5.74) is 1.13. The van der Waals surface area contributed by atoms with Crippen molar-refractivity contribution < 1.29 is 0 Å². The predicted octanol–water partition coefficient (Wildman–Crippen LogP) is 2.65. The van der Waals surface area contributed by atoms with Crippen LogP contribution in [0.5, 0.6) is 0 Å². The van der Waals surface area contributed by atoms with E-state index in [2.05, 4.69) is 30.9 Å². The number of aromatic nitrogens is 1. The molecule has 1 aliphatic heterocycles. The van der Waals surface area contributed by atoms with E-state index in [1.54, 1.807) is 11.3 Å². The first-order chi connectivity index (χ1) is 10.8. The van der Waals surface area contributed by atoms with Gasteiger partial charge in [-0.25, -0.2) is 4.98 Å². The number of likely N-dealkylation sites (tertiary alicyclic amines) is 1. The number of hydrogen-bond acceptors (Lipinski definition) is 4. The van der Waals surface area contributed by atoms with Gasteiger partial charge in [-0.05, 0) is 39.3 Å². The van der Waals surface area contributed by atoms with Gasteiger partial charge in [0.05, 0.1) is 5.01 Å². The number of guanidine groups is 1. The van der Waals surface area contributed by atoms with E-state index in [4.69, 9.17) is 0 Å². The highest BCUT2D eigenvalue weighted by Gasteiger charge is 2.09. The van der Waals surface area contributed by atoms with E-state index in [0.717, 1.165) is 44.1 Å². The van der Waals surface area contributed by atoms with E-state index < -0.39 is 0 Å². The fourth-order valence-electron chi connectivity index (χ4n) is 2.70. The third-order valence-electron chi connectivity index (χ3n) is 3.92. The van der Waals surface area contributed by atoms with E-state index in [9.17, 15) is 0 Å². The molecule has 0 unspecified atom stereocenters. The highest BCUT2D eigenvalue weighted by molar-refractivity contribution is 14.0. The quantitative estimate of drug-likeness (QED) is 0.290. The Morgan fingerprint density at radius 3 is 2.65 bits per heavy atom. The summed E-state index contributed by atoms with van der Waals surface area (Å²) in [5, 5.41) is 10.1. The van der Waals surface area contributed by atoms with Gasteiger partial charge in [0.15, 0.2) is 5.96 Å². The first-order valence-corrected chi connectivity index (χ1v) is 9.24. The minimum atomic E-state index is 0. The Bertz CT molecular complexity index is 457. The smallest absolute Gasteiger partial charge is 0.191 e. The van der Waals surface area contributed by atoms with Crippen molar-refractivity contribution in [1.29, 1.82) is 0 Å². The molecule has 0 spiro atoms. The molecular weight excluding hydrogens is 421 g/mol. The lowest BCUT2D eigenvalue weighted by Crippen LogP contribution is -2.42. The molecule has 7 heteroatoms. The lowest BCUT2D eigenvalue weighted by Gasteiger charge is -2.26. The summed E-state index contributed by atoms with van der Waals surface area (Å²) in [6.45, 7) is 7.56. The lowest BCUT2D eigenvalue weighted by molar-refractivity contribution is 0.232. The fourth-order valence-corrected chi connectivity index (χ4v) is 3.52. The Labute approximate surface area is 161 Å². The zero-order valence-electron chi connectivity index (χ0n) is 14.3. The van der Waals surface area contributed by atoms with Gasteiger partial charge in [0.2, 0.25) is 0 Å². The second-order valence-electron chi connectivity index (χ2n) is 5.81. The third-order valence-corrected chi connectivity index (χ3v) is 4.95. The maximum absolute atomic E-state index is 4.49. The highest BCUT2D eigenvalue weighted by Crippen LogP contribution is 2.10. The van der Waals surface area contributed by atoms with E-state index in [-0.39, 0.29) is 24.0 Å². The zero-order chi connectivity index (χ0) is 15.6. The van der Waals surface area contributed by atoms with Crippen molar-refractivity contribution in [1.82, 2.24) is 20.5 Å². The van der Waals surface area contributed by atoms with E-state index in [0.29, 0.717) is 0 Å². The van der Waals surface area contributed by atoms with Gasteiger partial charge in [0, 0.05) is 44.2 Å². The maximum atomic E-state index is 4.49. The molecule has 0 saturated carbocycles. The van der Waals surface area contributed by atoms with Crippen molar-refractivity contribution >= 4 is 41.3 Å². The largest absolute Gasteiger partial charge is 0.356 e. The number of halogens is 1. The molecule has 1 aromatic heterocycles. The van der Waals surface area contributed by atoms with Crippen LogP contribution in [0, 0.1) is 6.92 Å². The average molecular weight is 451 g/mol. The van der Waals surface area contributed by atoms with Crippen LogP contribution < -0.4 is 10.6 Å². The Morgan fingerprint density at radius 1 is 1.26 bits per heavy atom. The van der Waals surface area contributed by atoms with E-state index in [1.807, 2.05) is 14.0 Å². The van der Waals surface area contributed by atoms with Crippen LogP contribution in [0.1, 0.15) is 36.4 Å². The van der Waals surface area contributed by atoms with Gasteiger partial charge in [-0.3, -0.25) is 4.99 Å². The molecular formula is C16H30IN5S. The van der Waals surface area contributed by atoms with Crippen LogP contribution in [-0.4, -0.2) is 55.6 Å². The van der Waals surface area contributed by atoms with Gasteiger partial charge in [0.25, 0.3) is 0 Å². The number of nitrogens with one attached hydrogen (secondary N) is 2. The van der Waals surface area contributed by atoms with Crippen molar-refractivity contribution in [3.8, 4) is 0 Å². The topological polar surface area (TPSA) is 52.6 Å². The Kier molecular flexibility index (Phi) is 10.8. The Morgan fingerprint density at radius 2 is 2.00 bits per heavy atom. The molecule has 2 rings (SSSR count). The van der Waals surface area contributed by atoms with Crippen LogP contribution in [0.25, 0.3) is 0 Å². The summed E-state index contributed by atoms with van der Waals surface area (Å²) < 4.78 is 0. The van der Waals surface area contributed by atoms with Crippen LogP contribution in [0.15, 0.2) is 10.4 Å². The van der Waals surface area contributed by atoms with Crippen molar-refractivity contribution in [2.45, 2.75) is 39.0 Å². The lowest BCUT2D eigenvalue weighted by atomic mass is 10.1. The molecule has 1 aromatic rings. The number of aryl methyl sites for hydroxylation is 2. The minimum Gasteiger partial charge on any atom is -0.356 e. The van der Waals surface area contributed by atoms with Crippen LogP contribution in [0.4, 0.5) is 0 Å². The first-order valence-electron chi connectivity index (χ1n) is 8.36. The molecule has 2 N–H and O–H groups in total. The second-order valence-corrected chi connectivity index (χ2v) is 6.76. The normalized spacial score (nSPS) is 16.0. The SMILES string of the molecule is CN=C(NCCCc1nc(C)cs1)NCCN1CCCCC1.I. The third kappa shape index (κ3) is 8.30. The Balaban J connectivity index is 0.00000264. The average Bonchev–Trinajstić information content (AvgIpc) is 2.96. The summed E-state index contributed by atoms with van der Waals surface area (Å²) in [6.07, 6.45) is 6.22. The molecule has 1 fully saturated rings. The monoisotopic (exact) mass is 451 g/mol. The molecule has 0 aromatic carbocycles. The van der Waals surface area contributed by atoms with Gasteiger partial charge in [-0.15, -0.1) is 35.3 Å². The van der Waals surface area contributed by atoms with Crippen molar-refractivity contribution in [3.63, 3.8) is 0 Å². The molecule has 0 amide bonds. The summed E-state index contributed by atoms with van der Waals surface area (Å²) in [5.74, 6) is 0.910. The van der Waals surface area contributed by atoms with Gasteiger partial charge in [0.1, 0.15) is 0 Å². The molecule has 5 nitrogen and oxygen atoms in total. The zero-order valence-corrected chi connectivity index (χ0v) is 17.5. The number of aliphatic imine (C=N–C) groups is 1. The summed E-state index contributed by atoms with van der Waals surface area (Å²) in [6, 6.07) is 0. The predicted molar refractivity (Wildman–Crippen MR) is 110 cm³/mol. The summed E-state index contributed by atoms with van der Waals surface area (Å²) in [7, 11) is 1.83. The van der Waals surface area contributed by atoms with Gasteiger partial charge in [-0.2, -0.15) is 0 Å². The van der Waals surface area contributed by atoms with Crippen LogP contribution in [0.3, 0.4) is 0 Å². The summed E-state index contributed by atoms with van der Waals surface area (Å²) >= 11 is 1.75. The number of thiazole rings is 1. The molecule has 2 heterocycles. The van der Waals surface area contributed by atoms with E-state index >= 15 is 0 Å². The Hall–Kier alpha value is -0.410. The summed E-state index contributed by atoms with van der Waals surface area (Å²) in [4.78, 5) is 11.3. The molecule has 1 saturated heterocycles. The number of hydrogen-bond donors (Lipinski definition) is 2. The molecule has 0 atom stereocenters. The molecule has 23 heavy (non-hydrogen) atoms. The molecule has 0 aliphatic carbocycles. The molecule has 132 valence electrons. The second kappa shape index (κ2) is 12.0. The number of piperidine rings is 1. The molecule has 0 bridgehead atoms. The number of nitrogens with zero attached hydrogens (tertiary/aromatic N) is 3. The molecule has 1 aliphatic rings. The van der Waals surface area contributed by atoms with E-state index in [1.165, 1.54) is 37.4 Å². The van der Waals surface area contributed by atoms with Crippen molar-refractivity contribution in [2.24, 2.45) is 4.99 Å². The van der Waals surface area contributed by atoms with Crippen molar-refractivity contribution in [3.05, 3.63) is 16.1 Å². The first kappa shape index (κ1) is 20.6. The standard InChI is InChI=1S/C16H29N5S.HI/c1-14-13-22-15(20-14)7-6-8-18-16(17-2)19-9-12-21-10-4-3-5-11-21;/h13H,3-12H2,1-2H3,(H2,17,18,19);1H. The fraction of sp³-hybridized carbons (Fsp3) is 0.750. The van der Waals surface area contributed by atoms with Crippen LogP contribution in [-0.2, 0) is 6.42 Å². The number of rotatable bonds is 7. The van der Waals surface area contributed by atoms with Gasteiger partial charge >= 0.3 is 0 Å². The minimum absolute atomic E-state index is 0. The molecule has 0 radical (unpaired) electrons. The van der Waals surface area contributed by atoms with Crippen LogP contribution in [0.2, 0.25) is 0 Å². The van der Waals surface area contributed by atoms with Crippen molar-refractivity contribution in [2.75, 3.05) is 39.8 Å². The van der Waals surface area contributed by atoms with Crippen LogP contribution >= 0.6 is 35.3 Å². The van der Waals surface area contributed by atoms with Gasteiger partial charge in [-0.1, -0.05) is 6.42 Å².